The van der Waals surface area contributed by atoms with Crippen molar-refractivity contribution in [2.45, 2.75) is 59.8 Å². The van der Waals surface area contributed by atoms with Gasteiger partial charge in [0.2, 0.25) is 0 Å². The average molecular weight is 302 g/mol. The second kappa shape index (κ2) is 9.55. The van der Waals surface area contributed by atoms with Crippen molar-refractivity contribution in [1.29, 1.82) is 0 Å². The molecule has 2 heteroatoms. The molecule has 0 aliphatic heterocycles. The Bertz CT molecular complexity index is 462. The van der Waals surface area contributed by atoms with Gasteiger partial charge in [0.1, 0.15) is 11.6 Å². The fraction of sp³-hybridized carbons (Fsp3) is 0.600. The van der Waals surface area contributed by atoms with E-state index in [4.69, 9.17) is 0 Å². The minimum absolute atomic E-state index is 0.0954. The number of aryl methyl sites for hydroxylation is 1. The third-order valence-corrected chi connectivity index (χ3v) is 4.10. The summed E-state index contributed by atoms with van der Waals surface area (Å²) in [6.07, 6.45) is 4.28. The fourth-order valence-corrected chi connectivity index (χ4v) is 3.08. The van der Waals surface area contributed by atoms with Crippen LogP contribution in [-0.4, -0.2) is 11.6 Å². The maximum Gasteiger partial charge on any atom is 0.139 e. The molecular weight excluding hydrogens is 272 g/mol. The smallest absolute Gasteiger partial charge is 0.139 e. The van der Waals surface area contributed by atoms with E-state index in [0.29, 0.717) is 12.3 Å². The summed E-state index contributed by atoms with van der Waals surface area (Å²) < 4.78 is 0. The SMILES string of the molecule is CC(=O)CC(C)C(=O)C(CCCc1ccccc1)CC(C)C. The highest BCUT2D eigenvalue weighted by Crippen LogP contribution is 2.24. The molecule has 0 saturated heterocycles. The van der Waals surface area contributed by atoms with E-state index in [1.165, 1.54) is 5.56 Å². The van der Waals surface area contributed by atoms with Crippen molar-refractivity contribution in [3.8, 4) is 0 Å². The third kappa shape index (κ3) is 7.02. The van der Waals surface area contributed by atoms with Crippen LogP contribution in [0.4, 0.5) is 0 Å². The Kier molecular flexibility index (Phi) is 8.08. The molecule has 2 nitrogen and oxygen atoms in total. The molecule has 0 spiro atoms. The molecular formula is C20H30O2. The second-order valence-corrected chi connectivity index (χ2v) is 6.91. The molecule has 22 heavy (non-hydrogen) atoms. The van der Waals surface area contributed by atoms with Gasteiger partial charge in [0.05, 0.1) is 0 Å². The van der Waals surface area contributed by atoms with E-state index in [0.717, 1.165) is 25.7 Å². The van der Waals surface area contributed by atoms with Gasteiger partial charge < -0.3 is 4.79 Å². The quantitative estimate of drug-likeness (QED) is 0.619. The van der Waals surface area contributed by atoms with Gasteiger partial charge >= 0.3 is 0 Å². The molecule has 1 rings (SSSR count). The van der Waals surface area contributed by atoms with Crippen LogP contribution >= 0.6 is 0 Å². The predicted octanol–water partition coefficient (Wildman–Crippen LogP) is 4.86. The number of hydrogen-bond acceptors (Lipinski definition) is 2. The number of carbonyl (C=O) groups excluding carboxylic acids is 2. The molecule has 0 aromatic heterocycles. The molecule has 0 heterocycles. The molecule has 2 unspecified atom stereocenters. The normalized spacial score (nSPS) is 13.9. The van der Waals surface area contributed by atoms with Crippen molar-refractivity contribution in [1.82, 2.24) is 0 Å². The van der Waals surface area contributed by atoms with E-state index in [1.54, 1.807) is 6.92 Å². The van der Waals surface area contributed by atoms with Crippen molar-refractivity contribution in [3.05, 3.63) is 35.9 Å². The summed E-state index contributed by atoms with van der Waals surface area (Å²) in [5.74, 6) is 0.844. The van der Waals surface area contributed by atoms with E-state index >= 15 is 0 Å². The van der Waals surface area contributed by atoms with Crippen LogP contribution in [0.25, 0.3) is 0 Å². The Morgan fingerprint density at radius 2 is 1.68 bits per heavy atom. The van der Waals surface area contributed by atoms with Gasteiger partial charge in [0.15, 0.2) is 0 Å². The lowest BCUT2D eigenvalue weighted by Gasteiger charge is -2.21. The molecule has 0 fully saturated rings. The van der Waals surface area contributed by atoms with Crippen molar-refractivity contribution in [2.24, 2.45) is 17.8 Å². The highest BCUT2D eigenvalue weighted by atomic mass is 16.1. The fourth-order valence-electron chi connectivity index (χ4n) is 3.08. The number of benzene rings is 1. The Morgan fingerprint density at radius 1 is 1.05 bits per heavy atom. The summed E-state index contributed by atoms with van der Waals surface area (Å²) in [7, 11) is 0. The van der Waals surface area contributed by atoms with Gasteiger partial charge in [-0.25, -0.2) is 0 Å². The standard InChI is InChI=1S/C20H30O2/c1-15(2)13-19(20(22)16(3)14-17(4)21)12-8-11-18-9-6-5-7-10-18/h5-7,9-10,15-16,19H,8,11-14H2,1-4H3. The summed E-state index contributed by atoms with van der Waals surface area (Å²) in [5, 5.41) is 0. The van der Waals surface area contributed by atoms with Gasteiger partial charge in [0, 0.05) is 18.3 Å². The highest BCUT2D eigenvalue weighted by molar-refractivity contribution is 5.88. The van der Waals surface area contributed by atoms with Crippen molar-refractivity contribution < 1.29 is 9.59 Å². The first-order chi connectivity index (χ1) is 10.4. The third-order valence-electron chi connectivity index (χ3n) is 4.10. The van der Waals surface area contributed by atoms with E-state index in [2.05, 4.69) is 38.1 Å². The van der Waals surface area contributed by atoms with Crippen molar-refractivity contribution >= 4 is 11.6 Å². The van der Waals surface area contributed by atoms with Crippen LogP contribution in [-0.2, 0) is 16.0 Å². The zero-order valence-electron chi connectivity index (χ0n) is 14.5. The molecule has 0 N–H and O–H groups in total. The first-order valence-electron chi connectivity index (χ1n) is 8.47. The lowest BCUT2D eigenvalue weighted by molar-refractivity contribution is -0.130. The van der Waals surface area contributed by atoms with Gasteiger partial charge in [-0.1, -0.05) is 51.1 Å². The first kappa shape index (κ1) is 18.6. The molecule has 0 aliphatic rings. The lowest BCUT2D eigenvalue weighted by atomic mass is 9.82. The Hall–Kier alpha value is -1.44. The maximum atomic E-state index is 12.6. The highest BCUT2D eigenvalue weighted by Gasteiger charge is 2.25. The summed E-state index contributed by atoms with van der Waals surface area (Å²) in [6, 6.07) is 10.4. The minimum atomic E-state index is -0.141. The molecule has 0 bridgehead atoms. The first-order valence-corrected chi connectivity index (χ1v) is 8.47. The Morgan fingerprint density at radius 3 is 2.23 bits per heavy atom. The van der Waals surface area contributed by atoms with Gasteiger partial charge in [0.25, 0.3) is 0 Å². The summed E-state index contributed by atoms with van der Waals surface area (Å²) in [6.45, 7) is 7.78. The van der Waals surface area contributed by atoms with Crippen molar-refractivity contribution in [3.63, 3.8) is 0 Å². The van der Waals surface area contributed by atoms with Crippen LogP contribution in [0.1, 0.15) is 58.9 Å². The van der Waals surface area contributed by atoms with Gasteiger partial charge in [-0.3, -0.25) is 4.79 Å². The second-order valence-electron chi connectivity index (χ2n) is 6.91. The Balaban J connectivity index is 2.56. The van der Waals surface area contributed by atoms with E-state index in [1.807, 2.05) is 13.0 Å². The molecule has 0 aliphatic carbocycles. The average Bonchev–Trinajstić information content (AvgIpc) is 2.45. The largest absolute Gasteiger partial charge is 0.300 e. The van der Waals surface area contributed by atoms with Crippen LogP contribution in [0, 0.1) is 17.8 Å². The summed E-state index contributed by atoms with van der Waals surface area (Å²) in [5.41, 5.74) is 1.33. The van der Waals surface area contributed by atoms with Crippen molar-refractivity contribution in [2.75, 3.05) is 0 Å². The molecule has 0 radical (unpaired) electrons. The van der Waals surface area contributed by atoms with Crippen LogP contribution < -0.4 is 0 Å². The molecule has 2 atom stereocenters. The number of carbonyl (C=O) groups is 2. The van der Waals surface area contributed by atoms with E-state index in [-0.39, 0.29) is 23.4 Å². The van der Waals surface area contributed by atoms with Crippen LogP contribution in [0.3, 0.4) is 0 Å². The number of Topliss-reactive ketones (excluding diaryl/α,β-unsaturated/α-hetero) is 2. The van der Waals surface area contributed by atoms with Gasteiger partial charge in [-0.2, -0.15) is 0 Å². The molecule has 1 aromatic carbocycles. The zero-order valence-corrected chi connectivity index (χ0v) is 14.5. The van der Waals surface area contributed by atoms with Crippen LogP contribution in [0.2, 0.25) is 0 Å². The number of rotatable bonds is 10. The van der Waals surface area contributed by atoms with Crippen LogP contribution in [0.15, 0.2) is 30.3 Å². The minimum Gasteiger partial charge on any atom is -0.300 e. The van der Waals surface area contributed by atoms with E-state index in [9.17, 15) is 9.59 Å². The predicted molar refractivity (Wildman–Crippen MR) is 91.8 cm³/mol. The van der Waals surface area contributed by atoms with Gasteiger partial charge in [-0.15, -0.1) is 0 Å². The van der Waals surface area contributed by atoms with Crippen LogP contribution in [0.5, 0.6) is 0 Å². The molecule has 122 valence electrons. The summed E-state index contributed by atoms with van der Waals surface area (Å²) in [4.78, 5) is 23.9. The number of hydrogen-bond donors (Lipinski definition) is 0. The topological polar surface area (TPSA) is 34.1 Å². The maximum absolute atomic E-state index is 12.6. The van der Waals surface area contributed by atoms with Gasteiger partial charge in [-0.05, 0) is 44.1 Å². The zero-order chi connectivity index (χ0) is 16.5. The monoisotopic (exact) mass is 302 g/mol. The Labute approximate surface area is 135 Å². The summed E-state index contributed by atoms with van der Waals surface area (Å²) >= 11 is 0. The molecule has 1 aromatic rings. The molecule has 0 saturated carbocycles. The number of ketones is 2. The lowest BCUT2D eigenvalue weighted by Crippen LogP contribution is -2.25. The molecule has 0 amide bonds. The van der Waals surface area contributed by atoms with E-state index < -0.39 is 0 Å².